The summed E-state index contributed by atoms with van der Waals surface area (Å²) in [5.74, 6) is 1.37. The van der Waals surface area contributed by atoms with E-state index in [2.05, 4.69) is 15.5 Å². The van der Waals surface area contributed by atoms with E-state index < -0.39 is 0 Å². The Morgan fingerprint density at radius 2 is 1.41 bits per heavy atom. The average molecular weight is 357 g/mol. The molecule has 0 saturated heterocycles. The molecule has 132 valence electrons. The third-order valence-corrected chi connectivity index (χ3v) is 3.76. The van der Waals surface area contributed by atoms with Crippen molar-refractivity contribution >= 4 is 11.9 Å². The minimum Gasteiger partial charge on any atom is -0.457 e. The Bertz CT molecular complexity index is 1030. The SMILES string of the molecule is O=C(Nc1nnc(-c2ccccc2)o1)c1ccc(Oc2ccccc2)cc1. The molecule has 0 bridgehead atoms. The van der Waals surface area contributed by atoms with Crippen LogP contribution in [0, 0.1) is 0 Å². The van der Waals surface area contributed by atoms with Crippen LogP contribution < -0.4 is 10.1 Å². The Morgan fingerprint density at radius 1 is 0.778 bits per heavy atom. The quantitative estimate of drug-likeness (QED) is 0.556. The maximum Gasteiger partial charge on any atom is 0.322 e. The smallest absolute Gasteiger partial charge is 0.322 e. The van der Waals surface area contributed by atoms with Gasteiger partial charge in [0.15, 0.2) is 0 Å². The summed E-state index contributed by atoms with van der Waals surface area (Å²) >= 11 is 0. The van der Waals surface area contributed by atoms with E-state index in [4.69, 9.17) is 9.15 Å². The number of hydrogen-bond donors (Lipinski definition) is 1. The van der Waals surface area contributed by atoms with Gasteiger partial charge in [0.25, 0.3) is 5.91 Å². The summed E-state index contributed by atoms with van der Waals surface area (Å²) in [6.07, 6.45) is 0. The van der Waals surface area contributed by atoms with Gasteiger partial charge in [-0.25, -0.2) is 0 Å². The predicted octanol–water partition coefficient (Wildman–Crippen LogP) is 4.78. The van der Waals surface area contributed by atoms with Gasteiger partial charge < -0.3 is 9.15 Å². The van der Waals surface area contributed by atoms with Gasteiger partial charge >= 0.3 is 6.01 Å². The number of nitrogens with one attached hydrogen (secondary N) is 1. The Morgan fingerprint density at radius 3 is 2.11 bits per heavy atom. The second-order valence-corrected chi connectivity index (χ2v) is 5.67. The first-order chi connectivity index (χ1) is 13.3. The van der Waals surface area contributed by atoms with Crippen LogP contribution in [-0.4, -0.2) is 16.1 Å². The van der Waals surface area contributed by atoms with Crippen molar-refractivity contribution in [3.8, 4) is 23.0 Å². The highest BCUT2D eigenvalue weighted by atomic mass is 16.5. The van der Waals surface area contributed by atoms with Gasteiger partial charge in [-0.3, -0.25) is 10.1 Å². The molecule has 0 radical (unpaired) electrons. The summed E-state index contributed by atoms with van der Waals surface area (Å²) in [5.41, 5.74) is 1.24. The molecule has 0 aliphatic rings. The fourth-order valence-corrected chi connectivity index (χ4v) is 2.44. The largest absolute Gasteiger partial charge is 0.457 e. The van der Waals surface area contributed by atoms with Gasteiger partial charge in [0.2, 0.25) is 5.89 Å². The van der Waals surface area contributed by atoms with E-state index in [1.54, 1.807) is 24.3 Å². The molecule has 0 spiro atoms. The molecule has 0 unspecified atom stereocenters. The third kappa shape index (κ3) is 4.01. The molecule has 3 aromatic carbocycles. The highest BCUT2D eigenvalue weighted by Crippen LogP contribution is 2.22. The van der Waals surface area contributed by atoms with Crippen LogP contribution in [0.15, 0.2) is 89.3 Å². The number of ether oxygens (including phenoxy) is 1. The van der Waals surface area contributed by atoms with Crippen LogP contribution in [0.2, 0.25) is 0 Å². The highest BCUT2D eigenvalue weighted by molar-refractivity contribution is 6.03. The van der Waals surface area contributed by atoms with Gasteiger partial charge in [-0.05, 0) is 48.5 Å². The Labute approximate surface area is 155 Å². The van der Waals surface area contributed by atoms with Crippen molar-refractivity contribution in [1.29, 1.82) is 0 Å². The molecule has 6 nitrogen and oxygen atoms in total. The second-order valence-electron chi connectivity index (χ2n) is 5.67. The maximum absolute atomic E-state index is 12.3. The number of nitrogens with zero attached hydrogens (tertiary/aromatic N) is 2. The number of aromatic nitrogens is 2. The van der Waals surface area contributed by atoms with Crippen molar-refractivity contribution in [2.24, 2.45) is 0 Å². The zero-order valence-corrected chi connectivity index (χ0v) is 14.2. The van der Waals surface area contributed by atoms with Gasteiger partial charge in [-0.2, -0.15) is 0 Å². The molecule has 27 heavy (non-hydrogen) atoms. The summed E-state index contributed by atoms with van der Waals surface area (Å²) in [6.45, 7) is 0. The highest BCUT2D eigenvalue weighted by Gasteiger charge is 2.12. The van der Waals surface area contributed by atoms with Crippen molar-refractivity contribution in [3.63, 3.8) is 0 Å². The number of carbonyl (C=O) groups excluding carboxylic acids is 1. The van der Waals surface area contributed by atoms with Crippen LogP contribution in [0.4, 0.5) is 6.01 Å². The van der Waals surface area contributed by atoms with E-state index in [9.17, 15) is 4.79 Å². The van der Waals surface area contributed by atoms with Crippen LogP contribution in [0.25, 0.3) is 11.5 Å². The lowest BCUT2D eigenvalue weighted by molar-refractivity contribution is 0.102. The predicted molar refractivity (Wildman–Crippen MR) is 101 cm³/mol. The Hall–Kier alpha value is -3.93. The molecule has 0 aliphatic heterocycles. The normalized spacial score (nSPS) is 10.4. The number of para-hydroxylation sites is 1. The van der Waals surface area contributed by atoms with Gasteiger partial charge in [-0.15, -0.1) is 5.10 Å². The molecule has 1 aromatic heterocycles. The molecule has 4 aromatic rings. The molecule has 6 heteroatoms. The number of anilines is 1. The van der Waals surface area contributed by atoms with Crippen molar-refractivity contribution in [3.05, 3.63) is 90.5 Å². The monoisotopic (exact) mass is 357 g/mol. The molecular weight excluding hydrogens is 342 g/mol. The van der Waals surface area contributed by atoms with E-state index >= 15 is 0 Å². The fourth-order valence-electron chi connectivity index (χ4n) is 2.44. The van der Waals surface area contributed by atoms with Gasteiger partial charge in [0.1, 0.15) is 11.5 Å². The van der Waals surface area contributed by atoms with Gasteiger partial charge in [0, 0.05) is 11.1 Å². The van der Waals surface area contributed by atoms with Crippen LogP contribution in [0.1, 0.15) is 10.4 Å². The van der Waals surface area contributed by atoms with Crippen molar-refractivity contribution in [1.82, 2.24) is 10.2 Å². The first-order valence-electron chi connectivity index (χ1n) is 8.31. The van der Waals surface area contributed by atoms with E-state index in [1.165, 1.54) is 0 Å². The summed E-state index contributed by atoms with van der Waals surface area (Å²) in [4.78, 5) is 12.3. The first-order valence-corrected chi connectivity index (χ1v) is 8.31. The van der Waals surface area contributed by atoms with Gasteiger partial charge in [-0.1, -0.05) is 41.5 Å². The molecular formula is C21H15N3O3. The minimum absolute atomic E-state index is 0.0449. The van der Waals surface area contributed by atoms with Crippen molar-refractivity contribution in [2.75, 3.05) is 5.32 Å². The van der Waals surface area contributed by atoms with Crippen LogP contribution in [0.3, 0.4) is 0 Å². The molecule has 4 rings (SSSR count). The topological polar surface area (TPSA) is 77.3 Å². The van der Waals surface area contributed by atoms with E-state index in [0.29, 0.717) is 17.2 Å². The van der Waals surface area contributed by atoms with Crippen LogP contribution in [0.5, 0.6) is 11.5 Å². The summed E-state index contributed by atoms with van der Waals surface area (Å²) in [7, 11) is 0. The Balaban J connectivity index is 1.42. The lowest BCUT2D eigenvalue weighted by Gasteiger charge is -2.06. The molecule has 0 atom stereocenters. The van der Waals surface area contributed by atoms with E-state index in [0.717, 1.165) is 11.3 Å². The van der Waals surface area contributed by atoms with E-state index in [1.807, 2.05) is 60.7 Å². The summed E-state index contributed by atoms with van der Waals surface area (Å²) in [5, 5.41) is 10.4. The minimum atomic E-state index is -0.343. The van der Waals surface area contributed by atoms with Crippen LogP contribution in [-0.2, 0) is 0 Å². The number of benzene rings is 3. The van der Waals surface area contributed by atoms with Crippen LogP contribution >= 0.6 is 0 Å². The Kier molecular flexibility index (Phi) is 4.61. The molecule has 1 amide bonds. The molecule has 0 saturated carbocycles. The number of rotatable bonds is 5. The van der Waals surface area contributed by atoms with E-state index in [-0.39, 0.29) is 11.9 Å². The zero-order valence-electron chi connectivity index (χ0n) is 14.2. The molecule has 1 N–H and O–H groups in total. The second kappa shape index (κ2) is 7.53. The van der Waals surface area contributed by atoms with Crippen molar-refractivity contribution < 1.29 is 13.9 Å². The first kappa shape index (κ1) is 16.5. The third-order valence-electron chi connectivity index (χ3n) is 3.76. The lowest BCUT2D eigenvalue weighted by Crippen LogP contribution is -2.11. The summed E-state index contributed by atoms with van der Waals surface area (Å²) in [6, 6.07) is 25.6. The number of hydrogen-bond acceptors (Lipinski definition) is 5. The molecule has 0 aliphatic carbocycles. The standard InChI is InChI=1S/C21H15N3O3/c25-19(22-21-24-23-20(27-21)16-7-3-1-4-8-16)15-11-13-18(14-12-15)26-17-9-5-2-6-10-17/h1-14H,(H,22,24,25). The number of carbonyl (C=O) groups is 1. The molecule has 1 heterocycles. The molecule has 0 fully saturated rings. The van der Waals surface area contributed by atoms with Crippen molar-refractivity contribution in [2.45, 2.75) is 0 Å². The van der Waals surface area contributed by atoms with Gasteiger partial charge in [0.05, 0.1) is 0 Å². The zero-order chi connectivity index (χ0) is 18.5. The average Bonchev–Trinajstić information content (AvgIpc) is 3.18. The maximum atomic E-state index is 12.3. The lowest BCUT2D eigenvalue weighted by atomic mass is 10.2. The summed E-state index contributed by atoms with van der Waals surface area (Å²) < 4.78 is 11.2. The fraction of sp³-hybridized carbons (Fsp3) is 0. The number of amides is 1.